The molecule has 0 aromatic carbocycles. The normalized spacial score (nSPS) is 12.4. The van der Waals surface area contributed by atoms with Crippen LogP contribution in [-0.4, -0.2) is 37.2 Å². The predicted octanol–water partition coefficient (Wildman–Crippen LogP) is 25.5. The molecule has 83 heavy (non-hydrogen) atoms. The van der Waals surface area contributed by atoms with Crippen molar-refractivity contribution in [1.82, 2.24) is 0 Å². The first-order valence-electron chi connectivity index (χ1n) is 36.8. The summed E-state index contributed by atoms with van der Waals surface area (Å²) in [7, 11) is 0. The molecule has 0 aromatic heterocycles. The largest absolute Gasteiger partial charge is 0.462 e. The zero-order valence-electron chi connectivity index (χ0n) is 55.7. The maximum absolute atomic E-state index is 13.0. The maximum atomic E-state index is 13.0. The molecule has 0 rings (SSSR count). The quantitative estimate of drug-likeness (QED) is 0.0261. The Kier molecular flexibility index (Phi) is 69.1. The summed E-state index contributed by atoms with van der Waals surface area (Å²) in [6.45, 7) is 6.64. The predicted molar refractivity (Wildman–Crippen MR) is 362 cm³/mol. The summed E-state index contributed by atoms with van der Waals surface area (Å²) in [6.07, 6.45) is 92.7. The number of esters is 3. The van der Waals surface area contributed by atoms with Gasteiger partial charge in [-0.2, -0.15) is 0 Å². The van der Waals surface area contributed by atoms with Gasteiger partial charge in [-0.15, -0.1) is 0 Å². The van der Waals surface area contributed by atoms with Gasteiger partial charge in [0.2, 0.25) is 0 Å². The van der Waals surface area contributed by atoms with Crippen molar-refractivity contribution in [2.45, 2.75) is 399 Å². The highest BCUT2D eigenvalue weighted by atomic mass is 16.6. The molecule has 1 unspecified atom stereocenters. The minimum Gasteiger partial charge on any atom is -0.462 e. The van der Waals surface area contributed by atoms with Gasteiger partial charge in [-0.3, -0.25) is 14.4 Å². The van der Waals surface area contributed by atoms with Crippen LogP contribution in [0.25, 0.3) is 0 Å². The molecule has 0 N–H and O–H groups in total. The van der Waals surface area contributed by atoms with E-state index in [0.717, 1.165) is 77.0 Å². The lowest BCUT2D eigenvalue weighted by atomic mass is 10.0. The molecule has 0 saturated heterocycles. The second-order valence-corrected chi connectivity index (χ2v) is 24.8. The third-order valence-electron chi connectivity index (χ3n) is 16.5. The van der Waals surface area contributed by atoms with Gasteiger partial charge in [0.25, 0.3) is 0 Å². The van der Waals surface area contributed by atoms with E-state index >= 15 is 0 Å². The summed E-state index contributed by atoms with van der Waals surface area (Å²) in [5.41, 5.74) is 0. The molecule has 0 aliphatic rings. The number of unbranched alkanes of at least 4 members (excludes halogenated alkanes) is 47. The first kappa shape index (κ1) is 80.1. The molecular weight excluding hydrogens is 1020 g/mol. The van der Waals surface area contributed by atoms with Gasteiger partial charge in [0.15, 0.2) is 6.10 Å². The molecule has 0 aliphatic heterocycles. The zero-order valence-corrected chi connectivity index (χ0v) is 55.7. The Morgan fingerprint density at radius 2 is 0.446 bits per heavy atom. The highest BCUT2D eigenvalue weighted by molar-refractivity contribution is 5.71. The molecule has 6 nitrogen and oxygen atoms in total. The van der Waals surface area contributed by atoms with Gasteiger partial charge in [-0.1, -0.05) is 332 Å². The molecule has 0 heterocycles. The lowest BCUT2D eigenvalue weighted by molar-refractivity contribution is -0.167. The molecule has 0 amide bonds. The van der Waals surface area contributed by atoms with Gasteiger partial charge in [0, 0.05) is 19.3 Å². The summed E-state index contributed by atoms with van der Waals surface area (Å²) in [4.78, 5) is 38.4. The third kappa shape index (κ3) is 69.8. The van der Waals surface area contributed by atoms with E-state index in [2.05, 4.69) is 81.5 Å². The van der Waals surface area contributed by atoms with Crippen molar-refractivity contribution in [3.63, 3.8) is 0 Å². The van der Waals surface area contributed by atoms with Crippen LogP contribution >= 0.6 is 0 Å². The first-order valence-corrected chi connectivity index (χ1v) is 36.8. The van der Waals surface area contributed by atoms with E-state index < -0.39 is 6.10 Å². The molecule has 1 atom stereocenters. The van der Waals surface area contributed by atoms with Crippen molar-refractivity contribution in [2.75, 3.05) is 13.2 Å². The number of hydrogen-bond donors (Lipinski definition) is 0. The van der Waals surface area contributed by atoms with Gasteiger partial charge in [-0.05, 0) is 103 Å². The maximum Gasteiger partial charge on any atom is 0.306 e. The van der Waals surface area contributed by atoms with Gasteiger partial charge >= 0.3 is 17.9 Å². The Hall–Kier alpha value is -2.89. The van der Waals surface area contributed by atoms with E-state index in [-0.39, 0.29) is 31.1 Å². The molecule has 484 valence electrons. The van der Waals surface area contributed by atoms with Crippen LogP contribution in [0.5, 0.6) is 0 Å². The number of ether oxygens (including phenoxy) is 3. The Morgan fingerprint density at radius 1 is 0.241 bits per heavy atom. The molecule has 0 aliphatic carbocycles. The fourth-order valence-electron chi connectivity index (χ4n) is 10.9. The third-order valence-corrected chi connectivity index (χ3v) is 16.5. The Morgan fingerprint density at radius 3 is 0.723 bits per heavy atom. The zero-order chi connectivity index (χ0) is 59.9. The summed E-state index contributed by atoms with van der Waals surface area (Å²) < 4.78 is 17.0. The topological polar surface area (TPSA) is 78.9 Å². The fraction of sp³-hybridized carbons (Fsp3) is 0.831. The van der Waals surface area contributed by atoms with Crippen molar-refractivity contribution in [1.29, 1.82) is 0 Å². The minimum absolute atomic E-state index is 0.0750. The molecule has 0 bridgehead atoms. The first-order chi connectivity index (χ1) is 41.0. The highest BCUT2D eigenvalue weighted by Gasteiger charge is 2.19. The van der Waals surface area contributed by atoms with Crippen LogP contribution in [0.1, 0.15) is 393 Å². The number of allylic oxidation sites excluding steroid dienone is 10. The highest BCUT2D eigenvalue weighted by Crippen LogP contribution is 2.18. The average molecular weight is 1160 g/mol. The molecule has 0 radical (unpaired) electrons. The SMILES string of the molecule is CCCC/C=C\CCCCCCCC(=O)OCC(COC(=O)CCCCCCCCCCCCCCCCCCC/C=C\CCCCCCCCCC)OC(=O)CCCCCCCCCCCC/C=C\C/C=C\C/C=C\CCCCCCC. The van der Waals surface area contributed by atoms with Crippen molar-refractivity contribution in [2.24, 2.45) is 0 Å². The van der Waals surface area contributed by atoms with Crippen LogP contribution in [0.3, 0.4) is 0 Å². The molecule has 0 aromatic rings. The Labute approximate surface area is 517 Å². The summed E-state index contributed by atoms with van der Waals surface area (Å²) in [6, 6.07) is 0. The second-order valence-electron chi connectivity index (χ2n) is 24.8. The van der Waals surface area contributed by atoms with Crippen LogP contribution in [0.2, 0.25) is 0 Å². The summed E-state index contributed by atoms with van der Waals surface area (Å²) in [5, 5.41) is 0. The smallest absolute Gasteiger partial charge is 0.306 e. The van der Waals surface area contributed by atoms with Crippen LogP contribution < -0.4 is 0 Å². The molecular formula is C77H140O6. The lowest BCUT2D eigenvalue weighted by Crippen LogP contribution is -2.30. The van der Waals surface area contributed by atoms with Gasteiger partial charge < -0.3 is 14.2 Å². The Balaban J connectivity index is 4.17. The number of rotatable bonds is 68. The molecule has 0 fully saturated rings. The minimum atomic E-state index is -0.780. The molecule has 0 saturated carbocycles. The van der Waals surface area contributed by atoms with Crippen LogP contribution in [0, 0.1) is 0 Å². The van der Waals surface area contributed by atoms with Crippen molar-refractivity contribution < 1.29 is 28.6 Å². The van der Waals surface area contributed by atoms with Gasteiger partial charge in [-0.25, -0.2) is 0 Å². The van der Waals surface area contributed by atoms with Crippen molar-refractivity contribution >= 4 is 17.9 Å². The molecule has 6 heteroatoms. The van der Waals surface area contributed by atoms with Gasteiger partial charge in [0.05, 0.1) is 0 Å². The van der Waals surface area contributed by atoms with Crippen LogP contribution in [0.4, 0.5) is 0 Å². The van der Waals surface area contributed by atoms with E-state index in [1.807, 2.05) is 0 Å². The number of carbonyl (C=O) groups is 3. The Bertz CT molecular complexity index is 1470. The summed E-state index contributed by atoms with van der Waals surface area (Å²) in [5.74, 6) is -0.867. The molecule has 0 spiro atoms. The van der Waals surface area contributed by atoms with E-state index in [1.54, 1.807) is 0 Å². The monoisotopic (exact) mass is 1160 g/mol. The van der Waals surface area contributed by atoms with Gasteiger partial charge in [0.1, 0.15) is 13.2 Å². The van der Waals surface area contributed by atoms with E-state index in [9.17, 15) is 14.4 Å². The van der Waals surface area contributed by atoms with E-state index in [0.29, 0.717) is 19.3 Å². The standard InChI is InChI=1S/C77H140O6/c1-4-7-10-13-16-19-22-24-26-28-30-32-34-36-37-38-39-41-42-44-46-48-50-52-55-58-61-64-67-70-76(79)82-73-74(72-81-75(78)69-66-63-60-57-54-21-18-15-12-9-6-3)83-77(80)71-68-65-62-59-56-53-51-49-47-45-43-40-35-33-31-29-27-25-23-20-17-14-11-8-5-2/h15,18,23,25,28-31,35,40,74H,4-14,16-17,19-22,24,26-27,32-34,36-39,41-73H2,1-3H3/b18-15-,25-23-,30-28-,31-29-,40-35-. The van der Waals surface area contributed by atoms with Crippen molar-refractivity contribution in [3.8, 4) is 0 Å². The summed E-state index contributed by atoms with van der Waals surface area (Å²) >= 11 is 0. The van der Waals surface area contributed by atoms with Crippen LogP contribution in [-0.2, 0) is 28.6 Å². The van der Waals surface area contributed by atoms with Crippen LogP contribution in [0.15, 0.2) is 60.8 Å². The fourth-order valence-corrected chi connectivity index (χ4v) is 10.9. The van der Waals surface area contributed by atoms with E-state index in [1.165, 1.54) is 276 Å². The second kappa shape index (κ2) is 71.6. The van der Waals surface area contributed by atoms with Crippen molar-refractivity contribution in [3.05, 3.63) is 60.8 Å². The number of hydrogen-bond acceptors (Lipinski definition) is 6. The number of carbonyl (C=O) groups excluding carboxylic acids is 3. The average Bonchev–Trinajstić information content (AvgIpc) is 3.48. The van der Waals surface area contributed by atoms with E-state index in [4.69, 9.17) is 14.2 Å². The lowest BCUT2D eigenvalue weighted by Gasteiger charge is -2.18.